The van der Waals surface area contributed by atoms with Crippen molar-refractivity contribution in [1.29, 1.82) is 0 Å². The summed E-state index contributed by atoms with van der Waals surface area (Å²) in [7, 11) is 0. The fourth-order valence-corrected chi connectivity index (χ4v) is 1.70. The lowest BCUT2D eigenvalue weighted by molar-refractivity contribution is 0.0488. The van der Waals surface area contributed by atoms with E-state index < -0.39 is 11.7 Å². The van der Waals surface area contributed by atoms with Crippen molar-refractivity contribution in [3.05, 3.63) is 0 Å². The van der Waals surface area contributed by atoms with E-state index >= 15 is 0 Å². The standard InChI is InChI=1S/C11H23N3O2/c1-5-14-7-6-9(8-14)12-13-10(15)16-11(2,3)4/h9,12H,5-8H2,1-4H3,(H,13,15)/t9-/m1/s1. The number of likely N-dealkylation sites (tertiary alicyclic amines) is 1. The van der Waals surface area contributed by atoms with E-state index in [9.17, 15) is 4.79 Å². The number of hydrazine groups is 1. The van der Waals surface area contributed by atoms with Crippen molar-refractivity contribution in [2.45, 2.75) is 45.8 Å². The van der Waals surface area contributed by atoms with Crippen LogP contribution >= 0.6 is 0 Å². The van der Waals surface area contributed by atoms with E-state index in [0.29, 0.717) is 6.04 Å². The van der Waals surface area contributed by atoms with E-state index in [1.165, 1.54) is 0 Å². The Balaban J connectivity index is 2.18. The Bertz CT molecular complexity index is 238. The number of nitrogens with zero attached hydrogens (tertiary/aromatic N) is 1. The Labute approximate surface area is 97.5 Å². The minimum atomic E-state index is -0.448. The third-order valence-corrected chi connectivity index (χ3v) is 2.50. The number of likely N-dealkylation sites (N-methyl/N-ethyl adjacent to an activating group) is 1. The van der Waals surface area contributed by atoms with Gasteiger partial charge in [0.05, 0.1) is 0 Å². The lowest BCUT2D eigenvalue weighted by Crippen LogP contribution is -2.47. The number of nitrogens with one attached hydrogen (secondary N) is 2. The van der Waals surface area contributed by atoms with Gasteiger partial charge in [0, 0.05) is 12.6 Å². The summed E-state index contributed by atoms with van der Waals surface area (Å²) in [6.45, 7) is 10.8. The van der Waals surface area contributed by atoms with Crippen LogP contribution in [-0.2, 0) is 4.74 Å². The third-order valence-electron chi connectivity index (χ3n) is 2.50. The van der Waals surface area contributed by atoms with Gasteiger partial charge in [-0.05, 0) is 40.3 Å². The molecule has 1 atom stereocenters. The van der Waals surface area contributed by atoms with Gasteiger partial charge in [-0.3, -0.25) is 5.43 Å². The lowest BCUT2D eigenvalue weighted by Gasteiger charge is -2.21. The number of carbonyl (C=O) groups excluding carboxylic acids is 1. The van der Waals surface area contributed by atoms with Gasteiger partial charge >= 0.3 is 6.09 Å². The molecule has 1 rings (SSSR count). The van der Waals surface area contributed by atoms with Gasteiger partial charge in [0.2, 0.25) is 0 Å². The Morgan fingerprint density at radius 2 is 2.19 bits per heavy atom. The van der Waals surface area contributed by atoms with Crippen molar-refractivity contribution >= 4 is 6.09 Å². The Morgan fingerprint density at radius 1 is 1.50 bits per heavy atom. The number of hydrogen-bond donors (Lipinski definition) is 2. The molecule has 0 bridgehead atoms. The van der Waals surface area contributed by atoms with Gasteiger partial charge in [-0.2, -0.15) is 0 Å². The van der Waals surface area contributed by atoms with E-state index in [1.54, 1.807) is 0 Å². The first-order valence-electron chi connectivity index (χ1n) is 5.87. The summed E-state index contributed by atoms with van der Waals surface area (Å²) in [5.74, 6) is 0. The fraction of sp³-hybridized carbons (Fsp3) is 0.909. The summed E-state index contributed by atoms with van der Waals surface area (Å²) in [5.41, 5.74) is 5.14. The van der Waals surface area contributed by atoms with Gasteiger partial charge in [-0.1, -0.05) is 6.92 Å². The molecule has 1 saturated heterocycles. The van der Waals surface area contributed by atoms with Gasteiger partial charge in [0.15, 0.2) is 0 Å². The molecule has 1 aliphatic heterocycles. The second-order valence-corrected chi connectivity index (χ2v) is 5.15. The quantitative estimate of drug-likeness (QED) is 0.712. The molecule has 0 aromatic carbocycles. The molecule has 5 nitrogen and oxygen atoms in total. The van der Waals surface area contributed by atoms with E-state index in [1.807, 2.05) is 20.8 Å². The molecule has 0 spiro atoms. The van der Waals surface area contributed by atoms with Gasteiger partial charge in [-0.25, -0.2) is 10.2 Å². The highest BCUT2D eigenvalue weighted by molar-refractivity contribution is 5.67. The molecule has 94 valence electrons. The molecular weight excluding hydrogens is 206 g/mol. The predicted octanol–water partition coefficient (Wildman–Crippen LogP) is 1.11. The maximum absolute atomic E-state index is 11.4. The molecule has 0 aromatic heterocycles. The van der Waals surface area contributed by atoms with Crippen molar-refractivity contribution in [3.63, 3.8) is 0 Å². The van der Waals surface area contributed by atoms with E-state index in [-0.39, 0.29) is 0 Å². The van der Waals surface area contributed by atoms with Gasteiger partial charge < -0.3 is 9.64 Å². The number of rotatable bonds is 3. The lowest BCUT2D eigenvalue weighted by atomic mass is 10.2. The molecule has 0 saturated carbocycles. The molecule has 2 N–H and O–H groups in total. The highest BCUT2D eigenvalue weighted by Crippen LogP contribution is 2.08. The monoisotopic (exact) mass is 229 g/mol. The molecule has 5 heteroatoms. The zero-order valence-electron chi connectivity index (χ0n) is 10.7. The predicted molar refractivity (Wildman–Crippen MR) is 63.0 cm³/mol. The second kappa shape index (κ2) is 5.50. The first-order chi connectivity index (χ1) is 7.40. The third kappa shape index (κ3) is 4.81. The van der Waals surface area contributed by atoms with E-state index in [0.717, 1.165) is 26.1 Å². The molecule has 1 heterocycles. The Kier molecular flexibility index (Phi) is 4.56. The molecule has 1 aliphatic rings. The Morgan fingerprint density at radius 3 is 2.69 bits per heavy atom. The fourth-order valence-electron chi connectivity index (χ4n) is 1.70. The van der Waals surface area contributed by atoms with Crippen LogP contribution in [0.1, 0.15) is 34.1 Å². The molecular formula is C11H23N3O2. The van der Waals surface area contributed by atoms with Crippen molar-refractivity contribution in [3.8, 4) is 0 Å². The molecule has 1 fully saturated rings. The van der Waals surface area contributed by atoms with Crippen LogP contribution in [0.4, 0.5) is 4.79 Å². The van der Waals surface area contributed by atoms with Crippen LogP contribution in [0.25, 0.3) is 0 Å². The first kappa shape index (κ1) is 13.3. The largest absolute Gasteiger partial charge is 0.443 e. The van der Waals surface area contributed by atoms with Gasteiger partial charge in [0.1, 0.15) is 5.60 Å². The number of hydrogen-bond acceptors (Lipinski definition) is 4. The smallest absolute Gasteiger partial charge is 0.422 e. The number of ether oxygens (including phenoxy) is 1. The molecule has 0 radical (unpaired) electrons. The Hall–Kier alpha value is -0.810. The molecule has 0 aliphatic carbocycles. The van der Waals surface area contributed by atoms with Crippen LogP contribution in [-0.4, -0.2) is 42.3 Å². The van der Waals surface area contributed by atoms with E-state index in [4.69, 9.17) is 4.74 Å². The van der Waals surface area contributed by atoms with Crippen LogP contribution < -0.4 is 10.9 Å². The van der Waals surface area contributed by atoms with Crippen LogP contribution in [0.3, 0.4) is 0 Å². The van der Waals surface area contributed by atoms with Crippen molar-refractivity contribution in [2.24, 2.45) is 0 Å². The zero-order valence-corrected chi connectivity index (χ0v) is 10.7. The second-order valence-electron chi connectivity index (χ2n) is 5.15. The zero-order chi connectivity index (χ0) is 12.2. The van der Waals surface area contributed by atoms with Gasteiger partial charge in [-0.15, -0.1) is 0 Å². The highest BCUT2D eigenvalue weighted by atomic mass is 16.6. The molecule has 1 amide bonds. The maximum atomic E-state index is 11.4. The summed E-state index contributed by atoms with van der Waals surface area (Å²) in [4.78, 5) is 13.7. The van der Waals surface area contributed by atoms with E-state index in [2.05, 4.69) is 22.7 Å². The van der Waals surface area contributed by atoms with Crippen molar-refractivity contribution < 1.29 is 9.53 Å². The van der Waals surface area contributed by atoms with Crippen LogP contribution in [0.5, 0.6) is 0 Å². The summed E-state index contributed by atoms with van der Waals surface area (Å²) in [6, 6.07) is 0.326. The maximum Gasteiger partial charge on any atom is 0.422 e. The van der Waals surface area contributed by atoms with Crippen LogP contribution in [0.2, 0.25) is 0 Å². The summed E-state index contributed by atoms with van der Waals surface area (Å²) in [6.07, 6.45) is 0.645. The SMILES string of the molecule is CCN1CC[C@@H](NNC(=O)OC(C)(C)C)C1. The topological polar surface area (TPSA) is 53.6 Å². The minimum Gasteiger partial charge on any atom is -0.443 e. The van der Waals surface area contributed by atoms with Crippen molar-refractivity contribution in [2.75, 3.05) is 19.6 Å². The van der Waals surface area contributed by atoms with Gasteiger partial charge in [0.25, 0.3) is 0 Å². The summed E-state index contributed by atoms with van der Waals surface area (Å²) in [5, 5.41) is 0. The first-order valence-corrected chi connectivity index (χ1v) is 5.87. The minimum absolute atomic E-state index is 0.326. The average Bonchev–Trinajstić information content (AvgIpc) is 2.59. The van der Waals surface area contributed by atoms with Crippen molar-refractivity contribution in [1.82, 2.24) is 15.8 Å². The highest BCUT2D eigenvalue weighted by Gasteiger charge is 2.22. The average molecular weight is 229 g/mol. The number of carbonyl (C=O) groups is 1. The molecule has 0 unspecified atom stereocenters. The molecule has 0 aromatic rings. The normalized spacial score (nSPS) is 22.1. The van der Waals surface area contributed by atoms with Crippen LogP contribution in [0.15, 0.2) is 0 Å². The summed E-state index contributed by atoms with van der Waals surface area (Å²) >= 11 is 0. The molecule has 16 heavy (non-hydrogen) atoms. The number of amides is 1. The van der Waals surface area contributed by atoms with Crippen LogP contribution in [0, 0.1) is 0 Å². The summed E-state index contributed by atoms with van der Waals surface area (Å²) < 4.78 is 5.12.